The summed E-state index contributed by atoms with van der Waals surface area (Å²) in [7, 11) is 1.58. The number of aromatic nitrogens is 6. The van der Waals surface area contributed by atoms with Crippen molar-refractivity contribution in [2.45, 2.75) is 77.7 Å². The number of methoxy groups -OCH3 is 1. The van der Waals surface area contributed by atoms with E-state index in [-0.39, 0.29) is 49.6 Å². The van der Waals surface area contributed by atoms with E-state index in [9.17, 15) is 14.7 Å². The standard InChI is InChI=1S/C55H65N11O7S/c1-34(2)51(55(69)65-31-43(67)25-47(65)54(68)59-35(3)39-15-17-41(18-16-39)52-36(4)57-32-74-52)49-27-50(62-73-49)71-24-23-63-19-21-64(22-20-63)29-38-11-13-40(14-12-38)37(5)66-30-42(28-58-66)45-26-46(60-61-53(45)56)44-9-7-8-10-48(44)72-33-70-6/h7-18,26-28,30,32,34-35,37,43,47,51,67H,19-25,29,31,33H2,1-6H3,(H2,56,61)(H,59,68)/t35-,37?,43+,47-,51?/m0/s1. The van der Waals surface area contributed by atoms with Crippen LogP contribution in [0.5, 0.6) is 11.6 Å². The number of β-amino-alcohol motifs (C(OH)–C–C–N with tert-alkyl or cyclic N) is 1. The molecule has 4 aromatic heterocycles. The van der Waals surface area contributed by atoms with Gasteiger partial charge in [-0.15, -0.1) is 21.5 Å². The summed E-state index contributed by atoms with van der Waals surface area (Å²) in [6, 6.07) is 26.8. The van der Waals surface area contributed by atoms with Crippen LogP contribution >= 0.6 is 11.3 Å². The zero-order valence-corrected chi connectivity index (χ0v) is 43.6. The highest BCUT2D eigenvalue weighted by molar-refractivity contribution is 7.13. The van der Waals surface area contributed by atoms with Gasteiger partial charge in [0.2, 0.25) is 11.8 Å². The van der Waals surface area contributed by atoms with Gasteiger partial charge in [-0.2, -0.15) is 5.10 Å². The molecule has 2 saturated heterocycles. The second kappa shape index (κ2) is 23.5. The summed E-state index contributed by atoms with van der Waals surface area (Å²) in [4.78, 5) is 39.8. The number of aryl methyl sites for hydroxylation is 1. The topological polar surface area (TPSA) is 212 Å². The van der Waals surface area contributed by atoms with Gasteiger partial charge < -0.3 is 39.8 Å². The Balaban J connectivity index is 0.725. The van der Waals surface area contributed by atoms with Gasteiger partial charge in [-0.3, -0.25) is 24.1 Å². The first-order valence-electron chi connectivity index (χ1n) is 25.1. The van der Waals surface area contributed by atoms with E-state index in [1.165, 1.54) is 10.5 Å². The molecule has 19 heteroatoms. The van der Waals surface area contributed by atoms with Crippen LogP contribution in [0, 0.1) is 12.8 Å². The molecular formula is C55H65N11O7S. The van der Waals surface area contributed by atoms with Crippen molar-refractivity contribution in [2.24, 2.45) is 5.92 Å². The molecule has 2 amide bonds. The molecule has 0 spiro atoms. The van der Waals surface area contributed by atoms with E-state index in [2.05, 4.69) is 66.6 Å². The Hall–Kier alpha value is -7.03. The number of likely N-dealkylation sites (tertiary alicyclic amines) is 1. The molecule has 7 aromatic rings. The Kier molecular flexibility index (Phi) is 16.4. The molecule has 5 atom stereocenters. The van der Waals surface area contributed by atoms with Gasteiger partial charge in [-0.05, 0) is 72.3 Å². The van der Waals surface area contributed by atoms with Gasteiger partial charge in [0.15, 0.2) is 18.4 Å². The Morgan fingerprint density at radius 2 is 1.65 bits per heavy atom. The van der Waals surface area contributed by atoms with Crippen LogP contribution in [0.3, 0.4) is 0 Å². The van der Waals surface area contributed by atoms with Crippen LogP contribution in [-0.4, -0.2) is 134 Å². The molecule has 0 bridgehead atoms. The van der Waals surface area contributed by atoms with Gasteiger partial charge in [0.05, 0.1) is 46.2 Å². The number of nitrogens with two attached hydrogens (primary N) is 1. The normalized spacial score (nSPS) is 17.6. The van der Waals surface area contributed by atoms with Crippen molar-refractivity contribution in [1.29, 1.82) is 0 Å². The number of benzene rings is 3. The van der Waals surface area contributed by atoms with Crippen LogP contribution in [0.1, 0.15) is 80.3 Å². The van der Waals surface area contributed by atoms with Crippen molar-refractivity contribution in [3.63, 3.8) is 0 Å². The van der Waals surface area contributed by atoms with Crippen LogP contribution < -0.4 is 20.5 Å². The van der Waals surface area contributed by atoms with Crippen molar-refractivity contribution in [3.05, 3.63) is 131 Å². The number of carbonyl (C=O) groups is 2. The molecule has 4 N–H and O–H groups in total. The highest BCUT2D eigenvalue weighted by atomic mass is 32.1. The number of piperazine rings is 1. The van der Waals surface area contributed by atoms with E-state index >= 15 is 0 Å². The lowest BCUT2D eigenvalue weighted by Crippen LogP contribution is -2.48. The number of nitrogens with zero attached hydrogens (tertiary/aromatic N) is 9. The van der Waals surface area contributed by atoms with E-state index in [1.807, 2.05) is 98.7 Å². The number of aliphatic hydroxyl groups excluding tert-OH is 1. The largest absolute Gasteiger partial charge is 0.474 e. The zero-order valence-electron chi connectivity index (χ0n) is 42.8. The monoisotopic (exact) mass is 1020 g/mol. The van der Waals surface area contributed by atoms with Gasteiger partial charge in [0.25, 0.3) is 5.88 Å². The second-order valence-corrected chi connectivity index (χ2v) is 20.3. The number of thiazole rings is 1. The summed E-state index contributed by atoms with van der Waals surface area (Å²) >= 11 is 1.59. The third-order valence-electron chi connectivity index (χ3n) is 14.0. The summed E-state index contributed by atoms with van der Waals surface area (Å²) in [6.07, 6.45) is 3.11. The lowest BCUT2D eigenvalue weighted by atomic mass is 9.91. The summed E-state index contributed by atoms with van der Waals surface area (Å²) < 4.78 is 24.6. The molecule has 2 fully saturated rings. The molecule has 3 aromatic carbocycles. The Morgan fingerprint density at radius 3 is 2.38 bits per heavy atom. The smallest absolute Gasteiger partial charge is 0.254 e. The second-order valence-electron chi connectivity index (χ2n) is 19.5. The lowest BCUT2D eigenvalue weighted by molar-refractivity contribution is -0.141. The van der Waals surface area contributed by atoms with Crippen molar-refractivity contribution in [3.8, 4) is 44.5 Å². The van der Waals surface area contributed by atoms with Crippen LogP contribution in [0.4, 0.5) is 5.82 Å². The maximum Gasteiger partial charge on any atom is 0.254 e. The van der Waals surface area contributed by atoms with E-state index < -0.39 is 18.1 Å². The molecular weight excluding hydrogens is 959 g/mol. The van der Waals surface area contributed by atoms with Crippen molar-refractivity contribution < 1.29 is 33.4 Å². The van der Waals surface area contributed by atoms with E-state index in [0.717, 1.165) is 76.7 Å². The first-order valence-corrected chi connectivity index (χ1v) is 26.0. The van der Waals surface area contributed by atoms with Crippen LogP contribution in [0.25, 0.3) is 32.8 Å². The minimum atomic E-state index is -0.829. The molecule has 388 valence electrons. The third kappa shape index (κ3) is 12.0. The number of amides is 2. The molecule has 2 unspecified atom stereocenters. The number of nitrogen functional groups attached to an aromatic ring is 1. The summed E-state index contributed by atoms with van der Waals surface area (Å²) in [5, 5.41) is 31.3. The molecule has 2 aliphatic rings. The van der Waals surface area contributed by atoms with Crippen LogP contribution in [0.15, 0.2) is 107 Å². The van der Waals surface area contributed by atoms with Crippen molar-refractivity contribution in [1.82, 2.24) is 50.1 Å². The lowest BCUT2D eigenvalue weighted by Gasteiger charge is -2.34. The van der Waals surface area contributed by atoms with Gasteiger partial charge in [-0.1, -0.05) is 74.5 Å². The number of aliphatic hydroxyl groups is 1. The predicted octanol–water partition coefficient (Wildman–Crippen LogP) is 7.38. The predicted molar refractivity (Wildman–Crippen MR) is 282 cm³/mol. The molecule has 2 aliphatic heterocycles. The fraction of sp³-hybridized carbons (Fsp3) is 0.400. The molecule has 9 rings (SSSR count). The van der Waals surface area contributed by atoms with E-state index in [1.54, 1.807) is 30.7 Å². The minimum Gasteiger partial charge on any atom is -0.474 e. The van der Waals surface area contributed by atoms with Gasteiger partial charge in [-0.25, -0.2) is 4.98 Å². The van der Waals surface area contributed by atoms with Crippen molar-refractivity contribution in [2.75, 3.05) is 65.5 Å². The number of para-hydroxylation sites is 1. The fourth-order valence-electron chi connectivity index (χ4n) is 9.74. The van der Waals surface area contributed by atoms with Gasteiger partial charge >= 0.3 is 0 Å². The maximum absolute atomic E-state index is 14.2. The van der Waals surface area contributed by atoms with Crippen LogP contribution in [-0.2, 0) is 20.9 Å². The highest BCUT2D eigenvalue weighted by Crippen LogP contribution is 2.35. The van der Waals surface area contributed by atoms with Crippen molar-refractivity contribution >= 4 is 29.0 Å². The van der Waals surface area contributed by atoms with Gasteiger partial charge in [0, 0.05) is 88.3 Å². The molecule has 0 radical (unpaired) electrons. The fourth-order valence-corrected chi connectivity index (χ4v) is 10.6. The number of carbonyl (C=O) groups excluding carboxylic acids is 2. The number of anilines is 1. The molecule has 0 saturated carbocycles. The minimum absolute atomic E-state index is 0.0208. The Morgan fingerprint density at radius 1 is 0.905 bits per heavy atom. The number of hydrogen-bond donors (Lipinski definition) is 3. The summed E-state index contributed by atoms with van der Waals surface area (Å²) in [6.45, 7) is 15.7. The summed E-state index contributed by atoms with van der Waals surface area (Å²) in [5.41, 5.74) is 16.5. The zero-order chi connectivity index (χ0) is 51.9. The summed E-state index contributed by atoms with van der Waals surface area (Å²) in [5.74, 6) is 0.118. The average Bonchev–Trinajstić information content (AvgIpc) is 4.25. The van der Waals surface area contributed by atoms with E-state index in [4.69, 9.17) is 29.6 Å². The first-order chi connectivity index (χ1) is 35.8. The molecule has 74 heavy (non-hydrogen) atoms. The highest BCUT2D eigenvalue weighted by Gasteiger charge is 2.43. The molecule has 0 aliphatic carbocycles. The number of rotatable bonds is 20. The Bertz CT molecular complexity index is 2990. The first kappa shape index (κ1) is 51.9. The number of nitrogens with one attached hydrogen (secondary N) is 1. The third-order valence-corrected chi connectivity index (χ3v) is 15.0. The van der Waals surface area contributed by atoms with Gasteiger partial charge in [0.1, 0.15) is 24.3 Å². The quantitative estimate of drug-likeness (QED) is 0.0636. The SMILES string of the molecule is COCOc1ccccc1-c1cc(-c2cnn(C(C)c3ccc(CN4CCN(CCOc5cc(C(C(=O)N6C[C@H](O)C[C@H]6C(=O)N[C@@H](C)c6ccc(-c7scnc7C)cc6)C(C)C)on5)CC4)cc3)c2)c(N)nn1. The maximum atomic E-state index is 14.2. The van der Waals surface area contributed by atoms with E-state index in [0.29, 0.717) is 42.1 Å². The average molecular weight is 1020 g/mol. The number of hydrogen-bond acceptors (Lipinski definition) is 16. The Labute approximate surface area is 435 Å². The number of ether oxygens (including phenoxy) is 3. The van der Waals surface area contributed by atoms with Crippen LogP contribution in [0.2, 0.25) is 0 Å². The molecule has 6 heterocycles. The molecule has 18 nitrogen and oxygen atoms in total.